The van der Waals surface area contributed by atoms with Gasteiger partial charge in [0.25, 0.3) is 5.91 Å². The van der Waals surface area contributed by atoms with Crippen molar-refractivity contribution in [2.45, 2.75) is 12.8 Å². The lowest BCUT2D eigenvalue weighted by Gasteiger charge is -2.15. The number of rotatable bonds is 8. The fraction of sp³-hybridized carbons (Fsp3) is 0.318. The predicted molar refractivity (Wildman–Crippen MR) is 123 cm³/mol. The van der Waals surface area contributed by atoms with E-state index >= 15 is 0 Å². The Morgan fingerprint density at radius 1 is 1.00 bits per heavy atom. The lowest BCUT2D eigenvalue weighted by molar-refractivity contribution is -0.128. The molecule has 0 aliphatic carbocycles. The molecule has 0 spiro atoms. The van der Waals surface area contributed by atoms with Crippen LogP contribution in [0.4, 0.5) is 5.69 Å². The molecule has 0 aromatic heterocycles. The highest BCUT2D eigenvalue weighted by atomic mass is 32.1. The van der Waals surface area contributed by atoms with Crippen LogP contribution < -0.4 is 24.8 Å². The Kier molecular flexibility index (Phi) is 8.63. The smallest absolute Gasteiger partial charge is 0.257 e. The van der Waals surface area contributed by atoms with Gasteiger partial charge >= 0.3 is 0 Å². The molecule has 8 nitrogen and oxygen atoms in total. The SMILES string of the molecule is COc1cc(C(=O)NC(=S)Nc2cccc(CCC(=O)N(C)C)c2)cc(OC)c1OC. The summed E-state index contributed by atoms with van der Waals surface area (Å²) < 4.78 is 15.8. The van der Waals surface area contributed by atoms with Crippen LogP contribution >= 0.6 is 12.2 Å². The molecule has 0 atom stereocenters. The summed E-state index contributed by atoms with van der Waals surface area (Å²) in [5, 5.41) is 5.77. The van der Waals surface area contributed by atoms with Gasteiger partial charge in [0.2, 0.25) is 11.7 Å². The third-order valence-electron chi connectivity index (χ3n) is 4.47. The normalized spacial score (nSPS) is 10.1. The highest BCUT2D eigenvalue weighted by Gasteiger charge is 2.17. The van der Waals surface area contributed by atoms with Gasteiger partial charge in [-0.2, -0.15) is 0 Å². The Morgan fingerprint density at radius 2 is 1.65 bits per heavy atom. The monoisotopic (exact) mass is 445 g/mol. The molecule has 2 amide bonds. The van der Waals surface area contributed by atoms with Crippen molar-refractivity contribution in [2.75, 3.05) is 40.7 Å². The van der Waals surface area contributed by atoms with Gasteiger partial charge in [-0.25, -0.2) is 0 Å². The van der Waals surface area contributed by atoms with E-state index in [-0.39, 0.29) is 11.0 Å². The number of hydrogen-bond acceptors (Lipinski definition) is 6. The van der Waals surface area contributed by atoms with Crippen LogP contribution in [0.1, 0.15) is 22.3 Å². The number of anilines is 1. The first-order valence-electron chi connectivity index (χ1n) is 9.50. The molecule has 2 aromatic rings. The Balaban J connectivity index is 2.05. The summed E-state index contributed by atoms with van der Waals surface area (Å²) in [5.41, 5.74) is 2.00. The van der Waals surface area contributed by atoms with Crippen LogP contribution in [0.25, 0.3) is 0 Å². The van der Waals surface area contributed by atoms with E-state index in [0.717, 1.165) is 5.56 Å². The minimum absolute atomic E-state index is 0.0616. The second-order valence-electron chi connectivity index (χ2n) is 6.81. The second kappa shape index (κ2) is 11.2. The van der Waals surface area contributed by atoms with Gasteiger partial charge in [-0.15, -0.1) is 0 Å². The number of benzene rings is 2. The van der Waals surface area contributed by atoms with Crippen molar-refractivity contribution in [1.82, 2.24) is 10.2 Å². The van der Waals surface area contributed by atoms with Crippen molar-refractivity contribution in [3.63, 3.8) is 0 Å². The van der Waals surface area contributed by atoms with Crippen molar-refractivity contribution in [3.8, 4) is 17.2 Å². The summed E-state index contributed by atoms with van der Waals surface area (Å²) in [7, 11) is 7.91. The molecule has 166 valence electrons. The van der Waals surface area contributed by atoms with Gasteiger partial charge in [-0.3, -0.25) is 14.9 Å². The number of carbonyl (C=O) groups excluding carboxylic acids is 2. The number of nitrogens with one attached hydrogen (secondary N) is 2. The molecule has 2 rings (SSSR count). The molecule has 0 saturated heterocycles. The number of amides is 2. The predicted octanol–water partition coefficient (Wildman–Crippen LogP) is 2.86. The summed E-state index contributed by atoms with van der Waals surface area (Å²) in [6, 6.07) is 10.6. The Hall–Kier alpha value is -3.33. The minimum Gasteiger partial charge on any atom is -0.493 e. The third-order valence-corrected chi connectivity index (χ3v) is 4.67. The van der Waals surface area contributed by atoms with Gasteiger partial charge in [0.1, 0.15) is 0 Å². The van der Waals surface area contributed by atoms with Crippen LogP contribution in [-0.4, -0.2) is 57.3 Å². The van der Waals surface area contributed by atoms with Crippen LogP contribution in [0.3, 0.4) is 0 Å². The third kappa shape index (κ3) is 6.58. The molecule has 9 heteroatoms. The van der Waals surface area contributed by atoms with Crippen LogP contribution in [0.15, 0.2) is 36.4 Å². The van der Waals surface area contributed by atoms with Crippen molar-refractivity contribution in [3.05, 3.63) is 47.5 Å². The number of ether oxygens (including phenoxy) is 3. The largest absolute Gasteiger partial charge is 0.493 e. The maximum Gasteiger partial charge on any atom is 0.257 e. The van der Waals surface area contributed by atoms with Crippen LogP contribution in [0.5, 0.6) is 17.2 Å². The zero-order valence-corrected chi connectivity index (χ0v) is 19.1. The van der Waals surface area contributed by atoms with Gasteiger partial charge in [-0.1, -0.05) is 12.1 Å². The molecule has 0 radical (unpaired) electrons. The van der Waals surface area contributed by atoms with Crippen molar-refractivity contribution < 1.29 is 23.8 Å². The summed E-state index contributed by atoms with van der Waals surface area (Å²) >= 11 is 5.28. The molecule has 0 heterocycles. The van der Waals surface area contributed by atoms with Gasteiger partial charge in [0.15, 0.2) is 16.6 Å². The van der Waals surface area contributed by atoms with Crippen LogP contribution in [-0.2, 0) is 11.2 Å². The molecule has 0 aliphatic rings. The van der Waals surface area contributed by atoms with Crippen molar-refractivity contribution >= 4 is 34.8 Å². The average molecular weight is 446 g/mol. The van der Waals surface area contributed by atoms with E-state index in [2.05, 4.69) is 10.6 Å². The van der Waals surface area contributed by atoms with E-state index in [9.17, 15) is 9.59 Å². The maximum atomic E-state index is 12.7. The highest BCUT2D eigenvalue weighted by Crippen LogP contribution is 2.38. The average Bonchev–Trinajstić information content (AvgIpc) is 2.76. The molecule has 0 saturated carbocycles. The fourth-order valence-corrected chi connectivity index (χ4v) is 3.04. The van der Waals surface area contributed by atoms with Gasteiger partial charge < -0.3 is 24.4 Å². The number of aryl methyl sites for hydroxylation is 1. The number of nitrogens with zero attached hydrogens (tertiary/aromatic N) is 1. The van der Waals surface area contributed by atoms with E-state index in [1.807, 2.05) is 24.3 Å². The Morgan fingerprint density at radius 3 is 2.19 bits per heavy atom. The van der Waals surface area contributed by atoms with E-state index in [1.54, 1.807) is 31.1 Å². The molecule has 0 unspecified atom stereocenters. The molecular formula is C22H27N3O5S. The first-order valence-corrected chi connectivity index (χ1v) is 9.91. The number of methoxy groups -OCH3 is 3. The lowest BCUT2D eigenvalue weighted by atomic mass is 10.1. The van der Waals surface area contributed by atoms with Crippen molar-refractivity contribution in [1.29, 1.82) is 0 Å². The molecule has 0 bridgehead atoms. The highest BCUT2D eigenvalue weighted by molar-refractivity contribution is 7.80. The number of hydrogen-bond donors (Lipinski definition) is 2. The molecule has 2 N–H and O–H groups in total. The van der Waals surface area contributed by atoms with E-state index < -0.39 is 5.91 Å². The molecule has 2 aromatic carbocycles. The van der Waals surface area contributed by atoms with Gasteiger partial charge in [0.05, 0.1) is 21.3 Å². The van der Waals surface area contributed by atoms with E-state index in [1.165, 1.54) is 21.3 Å². The molecular weight excluding hydrogens is 418 g/mol. The first kappa shape index (κ1) is 23.9. The zero-order valence-electron chi connectivity index (χ0n) is 18.3. The minimum atomic E-state index is -0.426. The van der Waals surface area contributed by atoms with Crippen LogP contribution in [0.2, 0.25) is 0 Å². The van der Waals surface area contributed by atoms with Gasteiger partial charge in [0, 0.05) is 31.8 Å². The molecule has 0 fully saturated rings. The number of thiocarbonyl (C=S) groups is 1. The standard InChI is InChI=1S/C22H27N3O5S/c1-25(2)19(26)10-9-14-7-6-8-16(11-14)23-22(31)24-21(27)15-12-17(28-3)20(30-5)18(13-15)29-4/h6-8,11-13H,9-10H2,1-5H3,(H2,23,24,27,31). The van der Waals surface area contributed by atoms with E-state index in [0.29, 0.717) is 41.3 Å². The summed E-state index contributed by atoms with van der Waals surface area (Å²) in [4.78, 5) is 26.0. The van der Waals surface area contributed by atoms with Gasteiger partial charge in [-0.05, 0) is 48.5 Å². The summed E-state index contributed by atoms with van der Waals surface area (Å²) in [6.07, 6.45) is 1.02. The quantitative estimate of drug-likeness (QED) is 0.604. The topological polar surface area (TPSA) is 89.1 Å². The molecule has 31 heavy (non-hydrogen) atoms. The Labute approximate surface area is 187 Å². The summed E-state index contributed by atoms with van der Waals surface area (Å²) in [6.45, 7) is 0. The van der Waals surface area contributed by atoms with E-state index in [4.69, 9.17) is 26.4 Å². The maximum absolute atomic E-state index is 12.7. The molecule has 0 aliphatic heterocycles. The Bertz CT molecular complexity index is 937. The van der Waals surface area contributed by atoms with Crippen LogP contribution in [0, 0.1) is 0 Å². The van der Waals surface area contributed by atoms with Crippen molar-refractivity contribution in [2.24, 2.45) is 0 Å². The number of carbonyl (C=O) groups is 2. The zero-order chi connectivity index (χ0) is 23.0. The lowest BCUT2D eigenvalue weighted by Crippen LogP contribution is -2.34. The second-order valence-corrected chi connectivity index (χ2v) is 7.22. The fourth-order valence-electron chi connectivity index (χ4n) is 2.83. The first-order chi connectivity index (χ1) is 14.8. The summed E-state index contributed by atoms with van der Waals surface area (Å²) in [5.74, 6) is 0.763.